The van der Waals surface area contributed by atoms with Gasteiger partial charge in [0.2, 0.25) is 0 Å². The monoisotopic (exact) mass is 493 g/mol. The van der Waals surface area contributed by atoms with Gasteiger partial charge in [0.25, 0.3) is 0 Å². The Balaban J connectivity index is 0.00000119. The molecule has 1 fully saturated rings. The van der Waals surface area contributed by atoms with Gasteiger partial charge in [0.15, 0.2) is 5.65 Å². The summed E-state index contributed by atoms with van der Waals surface area (Å²) in [5, 5.41) is 11.3. The molecule has 0 unspecified atom stereocenters. The van der Waals surface area contributed by atoms with Crippen molar-refractivity contribution in [3.8, 4) is 11.3 Å². The molecule has 0 bridgehead atoms. The van der Waals surface area contributed by atoms with Crippen molar-refractivity contribution >= 4 is 33.2 Å². The third kappa shape index (κ3) is 4.92. The Hall–Kier alpha value is -2.97. The van der Waals surface area contributed by atoms with E-state index in [-0.39, 0.29) is 0 Å². The smallest absolute Gasteiger partial charge is 0.172 e. The second-order valence-corrected chi connectivity index (χ2v) is 8.09. The topological polar surface area (TPSA) is 70.4 Å². The molecule has 0 saturated carbocycles. The lowest BCUT2D eigenvalue weighted by molar-refractivity contribution is 0.585. The van der Waals surface area contributed by atoms with Gasteiger partial charge < -0.3 is 15.5 Å². The van der Waals surface area contributed by atoms with Crippen LogP contribution in [0.3, 0.4) is 0 Å². The standard InChI is InChI=1S/C22H22BrN7.C2H6/c23-18-15-27-30-21(12-19(28-22(18)30)17-4-2-1-3-5-17)26-14-16-6-7-20(25-13-16)29-10-8-24-9-11-29;1-2/h1-7,12-13,15,24,26H,8-11,14H2;1-2H3. The molecule has 1 aliphatic rings. The van der Waals surface area contributed by atoms with Crippen LogP contribution in [0, 0.1) is 0 Å². The van der Waals surface area contributed by atoms with Crippen molar-refractivity contribution in [3.05, 3.63) is 71.0 Å². The van der Waals surface area contributed by atoms with Crippen LogP contribution >= 0.6 is 15.9 Å². The van der Waals surface area contributed by atoms with E-state index in [4.69, 9.17) is 4.98 Å². The van der Waals surface area contributed by atoms with Gasteiger partial charge in [-0.3, -0.25) is 0 Å². The maximum atomic E-state index is 4.77. The van der Waals surface area contributed by atoms with Gasteiger partial charge in [-0.25, -0.2) is 9.97 Å². The fourth-order valence-corrected chi connectivity index (χ4v) is 3.96. The number of rotatable bonds is 5. The summed E-state index contributed by atoms with van der Waals surface area (Å²) in [6.07, 6.45) is 3.71. The number of nitrogens with one attached hydrogen (secondary N) is 2. The van der Waals surface area contributed by atoms with E-state index in [0.29, 0.717) is 6.54 Å². The van der Waals surface area contributed by atoms with Crippen molar-refractivity contribution in [2.24, 2.45) is 0 Å². The molecule has 7 nitrogen and oxygen atoms in total. The van der Waals surface area contributed by atoms with Crippen LogP contribution in [0.1, 0.15) is 19.4 Å². The van der Waals surface area contributed by atoms with E-state index in [0.717, 1.165) is 64.8 Å². The molecule has 0 amide bonds. The minimum atomic E-state index is 0.652. The predicted octanol–water partition coefficient (Wildman–Crippen LogP) is 4.60. The van der Waals surface area contributed by atoms with Gasteiger partial charge in [-0.05, 0) is 27.6 Å². The molecule has 3 aromatic heterocycles. The van der Waals surface area contributed by atoms with Crippen LogP contribution in [0.4, 0.5) is 11.6 Å². The summed E-state index contributed by atoms with van der Waals surface area (Å²) in [5.41, 5.74) is 3.87. The third-order valence-corrected chi connectivity index (χ3v) is 5.78. The van der Waals surface area contributed by atoms with Gasteiger partial charge in [0, 0.05) is 50.6 Å². The number of piperazine rings is 1. The number of hydrogen-bond acceptors (Lipinski definition) is 6. The number of nitrogens with zero attached hydrogens (tertiary/aromatic N) is 5. The van der Waals surface area contributed by atoms with E-state index in [2.05, 4.69) is 65.8 Å². The van der Waals surface area contributed by atoms with Gasteiger partial charge in [-0.15, -0.1) is 0 Å². The van der Waals surface area contributed by atoms with Gasteiger partial charge >= 0.3 is 0 Å². The van der Waals surface area contributed by atoms with Crippen LogP contribution in [0.2, 0.25) is 0 Å². The lowest BCUT2D eigenvalue weighted by atomic mass is 10.1. The first-order chi connectivity index (χ1) is 15.8. The maximum Gasteiger partial charge on any atom is 0.172 e. The molecule has 0 atom stereocenters. The zero-order valence-electron chi connectivity index (χ0n) is 18.4. The molecule has 0 spiro atoms. The van der Waals surface area contributed by atoms with Crippen molar-refractivity contribution in [3.63, 3.8) is 0 Å². The molecule has 166 valence electrons. The number of benzene rings is 1. The van der Waals surface area contributed by atoms with Gasteiger partial charge in [0.05, 0.1) is 16.4 Å². The van der Waals surface area contributed by atoms with Crippen LogP contribution in [0.5, 0.6) is 0 Å². The number of hydrogen-bond donors (Lipinski definition) is 2. The molecule has 4 aromatic rings. The summed E-state index contributed by atoms with van der Waals surface area (Å²) >= 11 is 3.56. The number of aromatic nitrogens is 4. The molecule has 4 heterocycles. The molecule has 2 N–H and O–H groups in total. The summed E-state index contributed by atoms with van der Waals surface area (Å²) in [5.74, 6) is 1.92. The molecular weight excluding hydrogens is 466 g/mol. The second-order valence-electron chi connectivity index (χ2n) is 7.24. The van der Waals surface area contributed by atoms with E-state index in [1.165, 1.54) is 0 Å². The average Bonchev–Trinajstić information content (AvgIpc) is 3.26. The minimum Gasteiger partial charge on any atom is -0.366 e. The van der Waals surface area contributed by atoms with Crippen LogP contribution in [0.15, 0.2) is 65.4 Å². The van der Waals surface area contributed by atoms with Crippen molar-refractivity contribution in [2.75, 3.05) is 36.4 Å². The van der Waals surface area contributed by atoms with Gasteiger partial charge in [-0.2, -0.15) is 9.61 Å². The van der Waals surface area contributed by atoms with E-state index >= 15 is 0 Å². The Morgan fingerprint density at radius 2 is 1.81 bits per heavy atom. The molecule has 1 aromatic carbocycles. The number of anilines is 2. The average molecular weight is 494 g/mol. The molecule has 32 heavy (non-hydrogen) atoms. The molecule has 1 aliphatic heterocycles. The highest BCUT2D eigenvalue weighted by Crippen LogP contribution is 2.26. The molecular formula is C24H28BrN7. The fraction of sp³-hybridized carbons (Fsp3) is 0.292. The number of fused-ring (bicyclic) bond motifs is 1. The number of halogens is 1. The lowest BCUT2D eigenvalue weighted by Gasteiger charge is -2.28. The molecule has 0 radical (unpaired) electrons. The van der Waals surface area contributed by atoms with E-state index in [9.17, 15) is 0 Å². The largest absolute Gasteiger partial charge is 0.366 e. The van der Waals surface area contributed by atoms with Crippen molar-refractivity contribution in [2.45, 2.75) is 20.4 Å². The quantitative estimate of drug-likeness (QED) is 0.423. The Bertz CT molecular complexity index is 1140. The lowest BCUT2D eigenvalue weighted by Crippen LogP contribution is -2.43. The summed E-state index contributed by atoms with van der Waals surface area (Å²) in [4.78, 5) is 11.7. The first-order valence-corrected chi connectivity index (χ1v) is 11.8. The van der Waals surface area contributed by atoms with E-state index in [1.54, 1.807) is 6.20 Å². The maximum absolute atomic E-state index is 4.77. The summed E-state index contributed by atoms with van der Waals surface area (Å²) in [7, 11) is 0. The first kappa shape index (κ1) is 22.2. The summed E-state index contributed by atoms with van der Waals surface area (Å²) < 4.78 is 2.68. The highest BCUT2D eigenvalue weighted by atomic mass is 79.9. The molecule has 8 heteroatoms. The van der Waals surface area contributed by atoms with Crippen molar-refractivity contribution in [1.82, 2.24) is 24.9 Å². The Morgan fingerprint density at radius 1 is 1.03 bits per heavy atom. The Kier molecular flexibility index (Phi) is 7.34. The highest BCUT2D eigenvalue weighted by Gasteiger charge is 2.13. The summed E-state index contributed by atoms with van der Waals surface area (Å²) in [6.45, 7) is 8.66. The minimum absolute atomic E-state index is 0.652. The van der Waals surface area contributed by atoms with Crippen molar-refractivity contribution in [1.29, 1.82) is 0 Å². The van der Waals surface area contributed by atoms with Gasteiger partial charge in [0.1, 0.15) is 11.6 Å². The summed E-state index contributed by atoms with van der Waals surface area (Å²) in [6, 6.07) is 16.4. The van der Waals surface area contributed by atoms with Crippen LogP contribution in [0.25, 0.3) is 16.9 Å². The Labute approximate surface area is 197 Å². The highest BCUT2D eigenvalue weighted by molar-refractivity contribution is 9.10. The van der Waals surface area contributed by atoms with Crippen LogP contribution in [-0.2, 0) is 6.54 Å². The van der Waals surface area contributed by atoms with Crippen LogP contribution in [-0.4, -0.2) is 45.8 Å². The SMILES string of the molecule is Brc1cnn2c(NCc3ccc(N4CCNCC4)nc3)cc(-c3ccccc3)nc12.CC. The predicted molar refractivity (Wildman–Crippen MR) is 134 cm³/mol. The molecule has 1 saturated heterocycles. The van der Waals surface area contributed by atoms with E-state index in [1.807, 2.05) is 48.8 Å². The number of pyridine rings is 1. The zero-order chi connectivity index (χ0) is 22.3. The second kappa shape index (κ2) is 10.6. The van der Waals surface area contributed by atoms with Gasteiger partial charge in [-0.1, -0.05) is 50.2 Å². The first-order valence-electron chi connectivity index (χ1n) is 11.0. The fourth-order valence-electron chi connectivity index (χ4n) is 3.61. The molecule has 5 rings (SSSR count). The normalized spacial score (nSPS) is 13.5. The zero-order valence-corrected chi connectivity index (χ0v) is 20.0. The third-order valence-electron chi connectivity index (χ3n) is 5.22. The van der Waals surface area contributed by atoms with Crippen LogP contribution < -0.4 is 15.5 Å². The van der Waals surface area contributed by atoms with E-state index < -0.39 is 0 Å². The Morgan fingerprint density at radius 3 is 2.53 bits per heavy atom. The molecule has 0 aliphatic carbocycles. The van der Waals surface area contributed by atoms with Crippen molar-refractivity contribution < 1.29 is 0 Å².